The highest BCUT2D eigenvalue weighted by Crippen LogP contribution is 2.15. The molecule has 0 spiro atoms. The lowest BCUT2D eigenvalue weighted by atomic mass is 10.1. The number of hydrogen-bond acceptors (Lipinski definition) is 2. The van der Waals surface area contributed by atoms with Crippen LogP contribution in [-0.2, 0) is 12.8 Å². The van der Waals surface area contributed by atoms with E-state index in [1.807, 2.05) is 16.9 Å². The number of para-hydroxylation sites is 1. The quantitative estimate of drug-likeness (QED) is 0.748. The molecule has 18 heavy (non-hydrogen) atoms. The summed E-state index contributed by atoms with van der Waals surface area (Å²) in [6.07, 6.45) is 6.02. The van der Waals surface area contributed by atoms with E-state index < -0.39 is 0 Å². The zero-order chi connectivity index (χ0) is 12.8. The summed E-state index contributed by atoms with van der Waals surface area (Å²) in [6, 6.07) is 8.35. The topological polar surface area (TPSA) is 30.7 Å². The van der Waals surface area contributed by atoms with Gasteiger partial charge >= 0.3 is 0 Å². The van der Waals surface area contributed by atoms with Crippen LogP contribution in [0.15, 0.2) is 30.5 Å². The molecule has 0 saturated heterocycles. The average molecular weight is 264 g/mol. The molecule has 0 aliphatic heterocycles. The van der Waals surface area contributed by atoms with E-state index in [1.54, 1.807) is 0 Å². The highest BCUT2D eigenvalue weighted by molar-refractivity contribution is 6.17. The third-order valence-corrected chi connectivity index (χ3v) is 3.13. The predicted octanol–water partition coefficient (Wildman–Crippen LogP) is 3.39. The van der Waals surface area contributed by atoms with Crippen molar-refractivity contribution in [1.82, 2.24) is 15.0 Å². The van der Waals surface area contributed by atoms with Gasteiger partial charge in [0.05, 0.1) is 17.6 Å². The van der Waals surface area contributed by atoms with Crippen molar-refractivity contribution in [2.75, 3.05) is 5.88 Å². The Kier molecular flexibility index (Phi) is 4.76. The number of rotatable bonds is 6. The maximum absolute atomic E-state index is 5.69. The number of aromatic nitrogens is 3. The fourth-order valence-corrected chi connectivity index (χ4v) is 2.13. The van der Waals surface area contributed by atoms with Gasteiger partial charge in [0.1, 0.15) is 0 Å². The Morgan fingerprint density at radius 1 is 1.22 bits per heavy atom. The highest BCUT2D eigenvalue weighted by atomic mass is 35.5. The van der Waals surface area contributed by atoms with Crippen molar-refractivity contribution in [3.8, 4) is 5.69 Å². The largest absolute Gasteiger partial charge is 0.220 e. The monoisotopic (exact) mass is 263 g/mol. The molecule has 0 saturated carbocycles. The van der Waals surface area contributed by atoms with Gasteiger partial charge in [-0.15, -0.1) is 16.7 Å². The van der Waals surface area contributed by atoms with Gasteiger partial charge in [-0.25, -0.2) is 4.68 Å². The van der Waals surface area contributed by atoms with Crippen molar-refractivity contribution in [2.45, 2.75) is 32.6 Å². The van der Waals surface area contributed by atoms with Crippen molar-refractivity contribution in [1.29, 1.82) is 0 Å². The van der Waals surface area contributed by atoms with E-state index in [4.69, 9.17) is 11.6 Å². The zero-order valence-electron chi connectivity index (χ0n) is 10.6. The second kappa shape index (κ2) is 6.55. The van der Waals surface area contributed by atoms with Crippen LogP contribution in [0, 0.1) is 0 Å². The number of nitrogens with zero attached hydrogens (tertiary/aromatic N) is 3. The Morgan fingerprint density at radius 2 is 2.06 bits per heavy atom. The molecule has 0 aliphatic rings. The first-order valence-corrected chi connectivity index (χ1v) is 6.94. The van der Waals surface area contributed by atoms with Crippen LogP contribution in [0.2, 0.25) is 0 Å². The molecule has 1 aromatic heterocycles. The van der Waals surface area contributed by atoms with Crippen LogP contribution in [-0.4, -0.2) is 20.9 Å². The molecular weight excluding hydrogens is 246 g/mol. The molecule has 0 bridgehead atoms. The molecule has 1 heterocycles. The van der Waals surface area contributed by atoms with E-state index in [2.05, 4.69) is 35.4 Å². The van der Waals surface area contributed by atoms with Crippen molar-refractivity contribution in [2.24, 2.45) is 0 Å². The van der Waals surface area contributed by atoms with Gasteiger partial charge in [0, 0.05) is 5.88 Å². The lowest BCUT2D eigenvalue weighted by molar-refractivity contribution is 0.778. The number of hydrogen-bond donors (Lipinski definition) is 0. The minimum Gasteiger partial charge on any atom is -0.220 e. The molecular formula is C14H18ClN3. The number of aryl methyl sites for hydroxylation is 2. The normalized spacial score (nSPS) is 10.8. The second-order valence-corrected chi connectivity index (χ2v) is 4.70. The first-order chi connectivity index (χ1) is 8.85. The standard InChI is InChI=1S/C14H18ClN3/c1-2-6-12-7-3-4-9-14(12)18-11-13(16-17-18)8-5-10-15/h3-4,7,9,11H,2,5-6,8,10H2,1H3. The average Bonchev–Trinajstić information content (AvgIpc) is 2.86. The number of alkyl halides is 1. The van der Waals surface area contributed by atoms with Crippen molar-refractivity contribution in [3.05, 3.63) is 41.7 Å². The van der Waals surface area contributed by atoms with E-state index in [0.29, 0.717) is 5.88 Å². The minimum absolute atomic E-state index is 0.666. The summed E-state index contributed by atoms with van der Waals surface area (Å²) in [7, 11) is 0. The SMILES string of the molecule is CCCc1ccccc1-n1cc(CCCCl)nn1. The molecule has 0 amide bonds. The van der Waals surface area contributed by atoms with Crippen molar-refractivity contribution >= 4 is 11.6 Å². The fraction of sp³-hybridized carbons (Fsp3) is 0.429. The Bertz CT molecular complexity index is 493. The van der Waals surface area contributed by atoms with Crippen LogP contribution < -0.4 is 0 Å². The smallest absolute Gasteiger partial charge is 0.0832 e. The molecule has 0 N–H and O–H groups in total. The summed E-state index contributed by atoms with van der Waals surface area (Å²) < 4.78 is 1.87. The van der Waals surface area contributed by atoms with Crippen LogP contribution in [0.25, 0.3) is 5.69 Å². The Balaban J connectivity index is 2.22. The molecule has 3 nitrogen and oxygen atoms in total. The van der Waals surface area contributed by atoms with Gasteiger partial charge in [-0.2, -0.15) is 0 Å². The van der Waals surface area contributed by atoms with Crippen LogP contribution in [0.5, 0.6) is 0 Å². The van der Waals surface area contributed by atoms with Gasteiger partial charge in [-0.05, 0) is 30.9 Å². The number of halogens is 1. The maximum atomic E-state index is 5.69. The van der Waals surface area contributed by atoms with Gasteiger partial charge in [0.25, 0.3) is 0 Å². The summed E-state index contributed by atoms with van der Waals surface area (Å²) in [6.45, 7) is 2.18. The summed E-state index contributed by atoms with van der Waals surface area (Å²) in [4.78, 5) is 0. The Morgan fingerprint density at radius 3 is 2.83 bits per heavy atom. The molecule has 0 atom stereocenters. The van der Waals surface area contributed by atoms with Crippen LogP contribution in [0.1, 0.15) is 31.0 Å². The van der Waals surface area contributed by atoms with Gasteiger partial charge in [0.15, 0.2) is 0 Å². The van der Waals surface area contributed by atoms with Gasteiger partial charge < -0.3 is 0 Å². The number of benzene rings is 1. The molecule has 0 unspecified atom stereocenters. The summed E-state index contributed by atoms with van der Waals surface area (Å²) >= 11 is 5.69. The molecule has 2 aromatic rings. The molecule has 1 aromatic carbocycles. The summed E-state index contributed by atoms with van der Waals surface area (Å²) in [5.74, 6) is 0.666. The van der Waals surface area contributed by atoms with Gasteiger partial charge in [0.2, 0.25) is 0 Å². The minimum atomic E-state index is 0.666. The lowest BCUT2D eigenvalue weighted by Gasteiger charge is -2.07. The fourth-order valence-electron chi connectivity index (χ4n) is 1.99. The van der Waals surface area contributed by atoms with Gasteiger partial charge in [-0.3, -0.25) is 0 Å². The van der Waals surface area contributed by atoms with Crippen molar-refractivity contribution < 1.29 is 0 Å². The van der Waals surface area contributed by atoms with E-state index in [0.717, 1.165) is 37.1 Å². The maximum Gasteiger partial charge on any atom is 0.0832 e. The van der Waals surface area contributed by atoms with Crippen LogP contribution >= 0.6 is 11.6 Å². The summed E-state index contributed by atoms with van der Waals surface area (Å²) in [5.41, 5.74) is 3.44. The van der Waals surface area contributed by atoms with Crippen molar-refractivity contribution in [3.63, 3.8) is 0 Å². The van der Waals surface area contributed by atoms with Crippen LogP contribution in [0.3, 0.4) is 0 Å². The summed E-state index contributed by atoms with van der Waals surface area (Å²) in [5, 5.41) is 8.39. The highest BCUT2D eigenvalue weighted by Gasteiger charge is 2.06. The van der Waals surface area contributed by atoms with Crippen LogP contribution in [0.4, 0.5) is 0 Å². The third kappa shape index (κ3) is 3.10. The first kappa shape index (κ1) is 13.1. The molecule has 2 rings (SSSR count). The molecule has 0 aliphatic carbocycles. The lowest BCUT2D eigenvalue weighted by Crippen LogP contribution is -2.00. The molecule has 0 radical (unpaired) electrons. The third-order valence-electron chi connectivity index (χ3n) is 2.87. The first-order valence-electron chi connectivity index (χ1n) is 6.40. The molecule has 4 heteroatoms. The van der Waals surface area contributed by atoms with E-state index >= 15 is 0 Å². The Labute approximate surface area is 113 Å². The van der Waals surface area contributed by atoms with E-state index in [1.165, 1.54) is 5.56 Å². The second-order valence-electron chi connectivity index (χ2n) is 4.33. The Hall–Kier alpha value is -1.35. The van der Waals surface area contributed by atoms with E-state index in [9.17, 15) is 0 Å². The zero-order valence-corrected chi connectivity index (χ0v) is 11.4. The predicted molar refractivity (Wildman–Crippen MR) is 74.4 cm³/mol. The van der Waals surface area contributed by atoms with E-state index in [-0.39, 0.29) is 0 Å². The molecule has 96 valence electrons. The van der Waals surface area contributed by atoms with Gasteiger partial charge in [-0.1, -0.05) is 36.8 Å². The molecule has 0 fully saturated rings.